The molecular formula is C12H24N2O2. The molecule has 2 fully saturated rings. The first kappa shape index (κ1) is 12.3. The van der Waals surface area contributed by atoms with Gasteiger partial charge in [0.05, 0.1) is 5.60 Å². The highest BCUT2D eigenvalue weighted by Crippen LogP contribution is 2.23. The number of aliphatic hydroxyl groups is 1. The van der Waals surface area contributed by atoms with E-state index in [2.05, 4.69) is 17.3 Å². The van der Waals surface area contributed by atoms with E-state index in [1.807, 2.05) is 0 Å². The highest BCUT2D eigenvalue weighted by Gasteiger charge is 2.32. The van der Waals surface area contributed by atoms with Crippen molar-refractivity contribution in [1.82, 2.24) is 10.2 Å². The van der Waals surface area contributed by atoms with Crippen LogP contribution in [0.4, 0.5) is 0 Å². The third-order valence-corrected chi connectivity index (χ3v) is 3.90. The molecular weight excluding hydrogens is 204 g/mol. The highest BCUT2D eigenvalue weighted by atomic mass is 16.5. The number of ether oxygens (including phenoxy) is 1. The van der Waals surface area contributed by atoms with Crippen molar-refractivity contribution in [2.24, 2.45) is 0 Å². The molecule has 2 saturated heterocycles. The van der Waals surface area contributed by atoms with Crippen molar-refractivity contribution in [2.45, 2.75) is 37.3 Å². The third kappa shape index (κ3) is 3.17. The second kappa shape index (κ2) is 5.45. The fourth-order valence-electron chi connectivity index (χ4n) is 2.75. The summed E-state index contributed by atoms with van der Waals surface area (Å²) in [5, 5.41) is 13.8. The predicted molar refractivity (Wildman–Crippen MR) is 63.5 cm³/mol. The zero-order chi connectivity index (χ0) is 11.4. The maximum atomic E-state index is 10.4. The summed E-state index contributed by atoms with van der Waals surface area (Å²) < 4.78 is 5.30. The number of hydrogen-bond donors (Lipinski definition) is 2. The van der Waals surface area contributed by atoms with Crippen LogP contribution in [-0.4, -0.2) is 61.5 Å². The second-order valence-electron chi connectivity index (χ2n) is 5.23. The van der Waals surface area contributed by atoms with Crippen molar-refractivity contribution in [1.29, 1.82) is 0 Å². The molecule has 0 saturated carbocycles. The molecule has 0 aromatic carbocycles. The third-order valence-electron chi connectivity index (χ3n) is 3.90. The van der Waals surface area contributed by atoms with Crippen LogP contribution in [0.1, 0.15) is 25.7 Å². The molecule has 0 unspecified atom stereocenters. The SMILES string of the molecule is CN(CC1(O)CCOCC1)C1CCNCC1. The molecule has 2 heterocycles. The van der Waals surface area contributed by atoms with Crippen LogP contribution in [0.3, 0.4) is 0 Å². The molecule has 0 amide bonds. The monoisotopic (exact) mass is 228 g/mol. The average molecular weight is 228 g/mol. The summed E-state index contributed by atoms with van der Waals surface area (Å²) in [6, 6.07) is 0.633. The Morgan fingerprint density at radius 2 is 1.94 bits per heavy atom. The molecule has 0 bridgehead atoms. The van der Waals surface area contributed by atoms with Crippen LogP contribution in [0.5, 0.6) is 0 Å². The fourth-order valence-corrected chi connectivity index (χ4v) is 2.75. The first-order valence-electron chi connectivity index (χ1n) is 6.41. The molecule has 2 aliphatic heterocycles. The van der Waals surface area contributed by atoms with E-state index >= 15 is 0 Å². The van der Waals surface area contributed by atoms with Crippen LogP contribution >= 0.6 is 0 Å². The maximum Gasteiger partial charge on any atom is 0.0817 e. The minimum atomic E-state index is -0.516. The van der Waals surface area contributed by atoms with Gasteiger partial charge in [-0.2, -0.15) is 0 Å². The number of nitrogens with one attached hydrogen (secondary N) is 1. The van der Waals surface area contributed by atoms with Gasteiger partial charge in [0.15, 0.2) is 0 Å². The van der Waals surface area contributed by atoms with Gasteiger partial charge in [-0.3, -0.25) is 0 Å². The van der Waals surface area contributed by atoms with Crippen molar-refractivity contribution >= 4 is 0 Å². The van der Waals surface area contributed by atoms with Crippen molar-refractivity contribution in [3.8, 4) is 0 Å². The molecule has 0 spiro atoms. The molecule has 16 heavy (non-hydrogen) atoms. The fraction of sp³-hybridized carbons (Fsp3) is 1.00. The van der Waals surface area contributed by atoms with Gasteiger partial charge in [-0.1, -0.05) is 0 Å². The molecule has 2 rings (SSSR count). The first-order chi connectivity index (χ1) is 7.70. The van der Waals surface area contributed by atoms with Crippen LogP contribution < -0.4 is 5.32 Å². The van der Waals surface area contributed by atoms with Gasteiger partial charge in [-0.25, -0.2) is 0 Å². The number of rotatable bonds is 3. The van der Waals surface area contributed by atoms with Gasteiger partial charge in [0, 0.05) is 38.6 Å². The Kier molecular flexibility index (Phi) is 4.19. The molecule has 0 aliphatic carbocycles. The lowest BCUT2D eigenvalue weighted by Crippen LogP contribution is -2.50. The topological polar surface area (TPSA) is 44.7 Å². The highest BCUT2D eigenvalue weighted by molar-refractivity contribution is 4.87. The van der Waals surface area contributed by atoms with E-state index in [0.717, 1.165) is 32.5 Å². The molecule has 4 heteroatoms. The standard InChI is InChI=1S/C12H24N2O2/c1-14(11-2-6-13-7-3-11)10-12(15)4-8-16-9-5-12/h11,13,15H,2-10H2,1H3. The van der Waals surface area contributed by atoms with E-state index < -0.39 is 5.60 Å². The summed E-state index contributed by atoms with van der Waals surface area (Å²) in [6.07, 6.45) is 3.96. The van der Waals surface area contributed by atoms with Crippen LogP contribution in [-0.2, 0) is 4.74 Å². The van der Waals surface area contributed by atoms with Gasteiger partial charge in [0.25, 0.3) is 0 Å². The van der Waals surface area contributed by atoms with Gasteiger partial charge in [-0.05, 0) is 33.0 Å². The Labute approximate surface area is 98.0 Å². The van der Waals surface area contributed by atoms with Crippen molar-refractivity contribution in [3.05, 3.63) is 0 Å². The lowest BCUT2D eigenvalue weighted by atomic mass is 9.92. The Morgan fingerprint density at radius 1 is 1.31 bits per heavy atom. The molecule has 0 aromatic heterocycles. The molecule has 2 N–H and O–H groups in total. The largest absolute Gasteiger partial charge is 0.388 e. The number of nitrogens with zero attached hydrogens (tertiary/aromatic N) is 1. The Hall–Kier alpha value is -0.160. The lowest BCUT2D eigenvalue weighted by molar-refractivity contribution is -0.0825. The summed E-state index contributed by atoms with van der Waals surface area (Å²) >= 11 is 0. The molecule has 94 valence electrons. The van der Waals surface area contributed by atoms with Crippen LogP contribution in [0.2, 0.25) is 0 Å². The van der Waals surface area contributed by atoms with Gasteiger partial charge in [0.1, 0.15) is 0 Å². The van der Waals surface area contributed by atoms with Gasteiger partial charge in [-0.15, -0.1) is 0 Å². The smallest absolute Gasteiger partial charge is 0.0817 e. The van der Waals surface area contributed by atoms with Crippen LogP contribution in [0, 0.1) is 0 Å². The molecule has 2 aliphatic rings. The minimum Gasteiger partial charge on any atom is -0.388 e. The number of likely N-dealkylation sites (N-methyl/N-ethyl adjacent to an activating group) is 1. The van der Waals surface area contributed by atoms with E-state index in [1.54, 1.807) is 0 Å². The van der Waals surface area contributed by atoms with E-state index in [-0.39, 0.29) is 0 Å². The zero-order valence-corrected chi connectivity index (χ0v) is 10.2. The second-order valence-corrected chi connectivity index (χ2v) is 5.23. The van der Waals surface area contributed by atoms with Crippen molar-refractivity contribution in [3.63, 3.8) is 0 Å². The van der Waals surface area contributed by atoms with Crippen molar-refractivity contribution in [2.75, 3.05) is 39.9 Å². The van der Waals surface area contributed by atoms with Gasteiger partial charge in [0.2, 0.25) is 0 Å². The lowest BCUT2D eigenvalue weighted by Gasteiger charge is -2.39. The molecule has 0 atom stereocenters. The Morgan fingerprint density at radius 3 is 2.56 bits per heavy atom. The Balaban J connectivity index is 1.82. The van der Waals surface area contributed by atoms with E-state index in [4.69, 9.17) is 4.74 Å². The van der Waals surface area contributed by atoms with Crippen LogP contribution in [0.15, 0.2) is 0 Å². The quantitative estimate of drug-likeness (QED) is 0.725. The first-order valence-corrected chi connectivity index (χ1v) is 6.41. The summed E-state index contributed by atoms with van der Waals surface area (Å²) in [4.78, 5) is 2.34. The summed E-state index contributed by atoms with van der Waals surface area (Å²) in [7, 11) is 2.14. The van der Waals surface area contributed by atoms with Gasteiger partial charge < -0.3 is 20.1 Å². The van der Waals surface area contributed by atoms with E-state index in [0.29, 0.717) is 19.3 Å². The van der Waals surface area contributed by atoms with E-state index in [1.165, 1.54) is 12.8 Å². The molecule has 4 nitrogen and oxygen atoms in total. The average Bonchev–Trinajstić information content (AvgIpc) is 2.30. The Bertz CT molecular complexity index is 211. The predicted octanol–water partition coefficient (Wildman–Crippen LogP) is 0.212. The van der Waals surface area contributed by atoms with E-state index in [9.17, 15) is 5.11 Å². The number of hydrogen-bond acceptors (Lipinski definition) is 4. The zero-order valence-electron chi connectivity index (χ0n) is 10.2. The summed E-state index contributed by atoms with van der Waals surface area (Å²) in [5.41, 5.74) is -0.516. The summed E-state index contributed by atoms with van der Waals surface area (Å²) in [5.74, 6) is 0. The van der Waals surface area contributed by atoms with Crippen molar-refractivity contribution < 1.29 is 9.84 Å². The maximum absolute atomic E-state index is 10.4. The minimum absolute atomic E-state index is 0.516. The number of piperidine rings is 1. The van der Waals surface area contributed by atoms with Crippen LogP contribution in [0.25, 0.3) is 0 Å². The molecule has 0 aromatic rings. The molecule has 0 radical (unpaired) electrons. The normalized spacial score (nSPS) is 27.2. The van der Waals surface area contributed by atoms with Gasteiger partial charge >= 0.3 is 0 Å². The summed E-state index contributed by atoms with van der Waals surface area (Å²) in [6.45, 7) is 4.42.